The lowest BCUT2D eigenvalue weighted by Crippen LogP contribution is -2.05. The molecule has 0 aliphatic heterocycles. The zero-order valence-electron chi connectivity index (χ0n) is 9.10. The van der Waals surface area contributed by atoms with Crippen molar-refractivity contribution < 1.29 is 19.4 Å². The van der Waals surface area contributed by atoms with E-state index in [0.29, 0.717) is 16.9 Å². The van der Waals surface area contributed by atoms with Crippen LogP contribution in [-0.4, -0.2) is 31.4 Å². The van der Waals surface area contributed by atoms with Gasteiger partial charge in [0, 0.05) is 0 Å². The Labute approximate surface area is 94.1 Å². The van der Waals surface area contributed by atoms with Crippen LogP contribution >= 0.6 is 0 Å². The highest BCUT2D eigenvalue weighted by Gasteiger charge is 2.10. The van der Waals surface area contributed by atoms with E-state index in [9.17, 15) is 4.79 Å². The van der Waals surface area contributed by atoms with Crippen LogP contribution < -0.4 is 4.74 Å². The molecule has 1 N–H and O–H groups in total. The van der Waals surface area contributed by atoms with Crippen LogP contribution in [0.15, 0.2) is 24.8 Å². The molecule has 1 aromatic carbocycles. The van der Waals surface area contributed by atoms with Gasteiger partial charge in [0.2, 0.25) is 0 Å². The molecule has 0 atom stereocenters. The molecule has 0 saturated heterocycles. The first-order valence-corrected chi connectivity index (χ1v) is 4.81. The van der Waals surface area contributed by atoms with E-state index in [0.717, 1.165) is 0 Å². The summed E-state index contributed by atoms with van der Waals surface area (Å²) in [5.74, 6) is 0.167. The molecule has 0 bridgehead atoms. The normalized spacial score (nSPS) is 9.62. The first-order valence-electron chi connectivity index (χ1n) is 4.81. The molecule has 0 aliphatic carbocycles. The molecule has 0 spiro atoms. The highest BCUT2D eigenvalue weighted by molar-refractivity contribution is 5.93. The van der Waals surface area contributed by atoms with Crippen molar-refractivity contribution in [3.05, 3.63) is 35.9 Å². The van der Waals surface area contributed by atoms with Gasteiger partial charge in [-0.05, 0) is 23.8 Å². The first-order chi connectivity index (χ1) is 7.72. The van der Waals surface area contributed by atoms with E-state index >= 15 is 0 Å². The van der Waals surface area contributed by atoms with Crippen LogP contribution in [0.2, 0.25) is 0 Å². The Morgan fingerprint density at radius 3 is 2.88 bits per heavy atom. The summed E-state index contributed by atoms with van der Waals surface area (Å²) in [6, 6.07) is 4.93. The number of hydrogen-bond donors (Lipinski definition) is 1. The van der Waals surface area contributed by atoms with Crippen LogP contribution in [0.1, 0.15) is 15.9 Å². The van der Waals surface area contributed by atoms with Gasteiger partial charge in [-0.3, -0.25) is 0 Å². The summed E-state index contributed by atoms with van der Waals surface area (Å²) in [5.41, 5.74) is 1.08. The maximum absolute atomic E-state index is 11.4. The predicted molar refractivity (Wildman–Crippen MR) is 60.5 cm³/mol. The largest absolute Gasteiger partial charge is 0.491 e. The van der Waals surface area contributed by atoms with Crippen LogP contribution in [-0.2, 0) is 4.74 Å². The fourth-order valence-corrected chi connectivity index (χ4v) is 1.26. The van der Waals surface area contributed by atoms with E-state index in [1.165, 1.54) is 7.11 Å². The number of ether oxygens (including phenoxy) is 2. The van der Waals surface area contributed by atoms with Gasteiger partial charge < -0.3 is 14.6 Å². The summed E-state index contributed by atoms with van der Waals surface area (Å²) in [6.07, 6.45) is 1.55. The van der Waals surface area contributed by atoms with Gasteiger partial charge >= 0.3 is 5.97 Å². The molecule has 4 heteroatoms. The van der Waals surface area contributed by atoms with E-state index in [-0.39, 0.29) is 13.2 Å². The number of aliphatic hydroxyl groups is 1. The van der Waals surface area contributed by atoms with Gasteiger partial charge in [0.15, 0.2) is 0 Å². The van der Waals surface area contributed by atoms with Crippen molar-refractivity contribution >= 4 is 12.0 Å². The van der Waals surface area contributed by atoms with Crippen LogP contribution in [0.25, 0.3) is 6.08 Å². The molecule has 0 aliphatic rings. The molecule has 0 amide bonds. The number of carbonyl (C=O) groups excluding carboxylic acids is 1. The summed E-state index contributed by atoms with van der Waals surface area (Å²) in [6.45, 7) is 3.78. The van der Waals surface area contributed by atoms with Gasteiger partial charge in [-0.15, -0.1) is 0 Å². The summed E-state index contributed by atoms with van der Waals surface area (Å²) in [7, 11) is 1.32. The lowest BCUT2D eigenvalue weighted by molar-refractivity contribution is 0.0600. The minimum atomic E-state index is -0.413. The Balaban J connectivity index is 2.97. The molecule has 0 unspecified atom stereocenters. The number of methoxy groups -OCH3 is 1. The molecule has 86 valence electrons. The van der Waals surface area contributed by atoms with Crippen molar-refractivity contribution in [1.29, 1.82) is 0 Å². The van der Waals surface area contributed by atoms with Crippen molar-refractivity contribution in [3.8, 4) is 5.75 Å². The van der Waals surface area contributed by atoms with Crippen molar-refractivity contribution in [2.24, 2.45) is 0 Å². The average molecular weight is 222 g/mol. The molecular formula is C12H14O4. The summed E-state index contributed by atoms with van der Waals surface area (Å²) in [4.78, 5) is 11.4. The van der Waals surface area contributed by atoms with E-state index in [1.807, 2.05) is 0 Å². The number of esters is 1. The topological polar surface area (TPSA) is 55.8 Å². The highest BCUT2D eigenvalue weighted by Crippen LogP contribution is 2.19. The third-order valence-corrected chi connectivity index (χ3v) is 2.01. The van der Waals surface area contributed by atoms with Crippen molar-refractivity contribution in [2.75, 3.05) is 20.3 Å². The molecule has 0 radical (unpaired) electrons. The van der Waals surface area contributed by atoms with Gasteiger partial charge in [0.25, 0.3) is 0 Å². The quantitative estimate of drug-likeness (QED) is 0.767. The van der Waals surface area contributed by atoms with Crippen molar-refractivity contribution in [3.63, 3.8) is 0 Å². The van der Waals surface area contributed by atoms with E-state index in [2.05, 4.69) is 11.3 Å². The van der Waals surface area contributed by atoms with Gasteiger partial charge in [-0.25, -0.2) is 4.79 Å². The molecule has 1 aromatic rings. The summed E-state index contributed by atoms with van der Waals surface area (Å²) in [5, 5.41) is 8.62. The second-order valence-corrected chi connectivity index (χ2v) is 3.02. The molecule has 16 heavy (non-hydrogen) atoms. The van der Waals surface area contributed by atoms with Gasteiger partial charge in [-0.1, -0.05) is 12.7 Å². The third-order valence-electron chi connectivity index (χ3n) is 2.01. The lowest BCUT2D eigenvalue weighted by Gasteiger charge is -2.08. The number of hydrogen-bond acceptors (Lipinski definition) is 4. The van der Waals surface area contributed by atoms with E-state index in [1.54, 1.807) is 24.3 Å². The molecule has 0 heterocycles. The number of aliphatic hydroxyl groups excluding tert-OH is 1. The Kier molecular flexibility index (Phi) is 4.54. The SMILES string of the molecule is C=Cc1cc(OCCO)ccc1C(=O)OC. The monoisotopic (exact) mass is 222 g/mol. The van der Waals surface area contributed by atoms with Crippen LogP contribution in [0.3, 0.4) is 0 Å². The fraction of sp³-hybridized carbons (Fsp3) is 0.250. The second kappa shape index (κ2) is 5.92. The Morgan fingerprint density at radius 2 is 2.31 bits per heavy atom. The van der Waals surface area contributed by atoms with E-state index < -0.39 is 5.97 Å². The standard InChI is InChI=1S/C12H14O4/c1-3-9-8-10(16-7-6-13)4-5-11(9)12(14)15-2/h3-5,8,13H,1,6-7H2,2H3. The molecule has 1 rings (SSSR count). The fourth-order valence-electron chi connectivity index (χ4n) is 1.26. The van der Waals surface area contributed by atoms with Crippen molar-refractivity contribution in [1.82, 2.24) is 0 Å². The van der Waals surface area contributed by atoms with Crippen LogP contribution in [0.5, 0.6) is 5.75 Å². The minimum Gasteiger partial charge on any atom is -0.491 e. The maximum atomic E-state index is 11.4. The van der Waals surface area contributed by atoms with Gasteiger partial charge in [0.05, 0.1) is 19.3 Å². The zero-order valence-corrected chi connectivity index (χ0v) is 9.10. The van der Waals surface area contributed by atoms with Crippen LogP contribution in [0.4, 0.5) is 0 Å². The second-order valence-electron chi connectivity index (χ2n) is 3.02. The summed E-state index contributed by atoms with van der Waals surface area (Å²) < 4.78 is 9.85. The minimum absolute atomic E-state index is 0.0534. The third kappa shape index (κ3) is 2.84. The van der Waals surface area contributed by atoms with Gasteiger partial charge in [-0.2, -0.15) is 0 Å². The first kappa shape index (κ1) is 12.3. The predicted octanol–water partition coefficient (Wildman–Crippen LogP) is 1.49. The molecule has 4 nitrogen and oxygen atoms in total. The summed E-state index contributed by atoms with van der Waals surface area (Å²) >= 11 is 0. The molecule has 0 fully saturated rings. The Bertz CT molecular complexity index is 385. The molecule has 0 saturated carbocycles. The van der Waals surface area contributed by atoms with E-state index in [4.69, 9.17) is 9.84 Å². The average Bonchev–Trinajstić information content (AvgIpc) is 2.34. The Hall–Kier alpha value is -1.81. The Morgan fingerprint density at radius 1 is 1.56 bits per heavy atom. The molecule has 0 aromatic heterocycles. The van der Waals surface area contributed by atoms with Gasteiger partial charge in [0.1, 0.15) is 12.4 Å². The maximum Gasteiger partial charge on any atom is 0.338 e. The van der Waals surface area contributed by atoms with Crippen LogP contribution in [0, 0.1) is 0 Å². The van der Waals surface area contributed by atoms with Crippen molar-refractivity contribution in [2.45, 2.75) is 0 Å². The molecular weight excluding hydrogens is 208 g/mol. The lowest BCUT2D eigenvalue weighted by atomic mass is 10.1. The number of carbonyl (C=O) groups is 1. The number of rotatable bonds is 5. The zero-order chi connectivity index (χ0) is 12.0. The highest BCUT2D eigenvalue weighted by atomic mass is 16.5. The number of benzene rings is 1. The smallest absolute Gasteiger partial charge is 0.338 e.